The smallest absolute Gasteiger partial charge is 0.328 e. The number of carboxylic acid groups (broad SMARTS) is 1. The van der Waals surface area contributed by atoms with E-state index >= 15 is 0 Å². The lowest BCUT2D eigenvalue weighted by Crippen LogP contribution is -2.47. The topological polar surface area (TPSA) is 126 Å². The molecule has 0 aliphatic carbocycles. The van der Waals surface area contributed by atoms with Gasteiger partial charge in [-0.2, -0.15) is 0 Å². The van der Waals surface area contributed by atoms with Crippen LogP contribution in [0.3, 0.4) is 0 Å². The van der Waals surface area contributed by atoms with Gasteiger partial charge in [-0.05, 0) is 19.1 Å². The molecule has 0 saturated carbocycles. The quantitative estimate of drug-likeness (QED) is 0.546. The summed E-state index contributed by atoms with van der Waals surface area (Å²) >= 11 is 0. The first-order valence-corrected chi connectivity index (χ1v) is 4.85. The highest BCUT2D eigenvalue weighted by Crippen LogP contribution is 2.02. The molecule has 1 aromatic rings. The fraction of sp³-hybridized carbons (Fsp3) is 0.300. The van der Waals surface area contributed by atoms with E-state index in [1.807, 2.05) is 0 Å². The zero-order valence-corrected chi connectivity index (χ0v) is 9.12. The summed E-state index contributed by atoms with van der Waals surface area (Å²) in [7, 11) is 0. The number of aliphatic carboxylic acids is 1. The average Bonchev–Trinajstić information content (AvgIpc) is 2.25. The third-order valence-electron chi connectivity index (χ3n) is 2.05. The van der Waals surface area contributed by atoms with Gasteiger partial charge in [-0.15, -0.1) is 0 Å². The maximum absolute atomic E-state index is 11.6. The second-order valence-corrected chi connectivity index (χ2v) is 3.51. The highest BCUT2D eigenvalue weighted by atomic mass is 16.4. The van der Waals surface area contributed by atoms with Crippen molar-refractivity contribution in [1.82, 2.24) is 10.3 Å². The Morgan fingerprint density at radius 1 is 1.47 bits per heavy atom. The molecule has 0 aromatic carbocycles. The van der Waals surface area contributed by atoms with E-state index in [-0.39, 0.29) is 5.69 Å². The van der Waals surface area contributed by atoms with E-state index in [9.17, 15) is 14.7 Å². The minimum absolute atomic E-state index is 0.0334. The van der Waals surface area contributed by atoms with E-state index in [1.54, 1.807) is 0 Å². The van der Waals surface area contributed by atoms with Crippen LogP contribution in [0.4, 0.5) is 5.69 Å². The number of anilines is 1. The van der Waals surface area contributed by atoms with Gasteiger partial charge in [-0.3, -0.25) is 4.79 Å². The van der Waals surface area contributed by atoms with Crippen LogP contribution in [0, 0.1) is 0 Å². The molecule has 0 radical (unpaired) electrons. The summed E-state index contributed by atoms with van der Waals surface area (Å²) in [5, 5.41) is 20.1. The van der Waals surface area contributed by atoms with Gasteiger partial charge in [0.1, 0.15) is 5.69 Å². The second-order valence-electron chi connectivity index (χ2n) is 3.51. The average molecular weight is 239 g/mol. The fourth-order valence-electron chi connectivity index (χ4n) is 1.14. The molecule has 1 rings (SSSR count). The highest BCUT2D eigenvalue weighted by molar-refractivity contribution is 5.95. The number of aromatic nitrogens is 1. The van der Waals surface area contributed by atoms with Crippen LogP contribution in [0.2, 0.25) is 0 Å². The van der Waals surface area contributed by atoms with Gasteiger partial charge >= 0.3 is 5.97 Å². The number of pyridine rings is 1. The first-order valence-electron chi connectivity index (χ1n) is 4.85. The molecule has 0 aliphatic heterocycles. The van der Waals surface area contributed by atoms with Gasteiger partial charge in [0.2, 0.25) is 0 Å². The largest absolute Gasteiger partial charge is 0.480 e. The number of nitrogen functional groups attached to an aromatic ring is 1. The molecule has 0 fully saturated rings. The molecule has 0 spiro atoms. The Balaban J connectivity index is 2.77. The number of carbonyl (C=O) groups is 2. The van der Waals surface area contributed by atoms with Crippen molar-refractivity contribution < 1.29 is 19.8 Å². The number of aliphatic hydroxyl groups excluding tert-OH is 1. The van der Waals surface area contributed by atoms with Crippen molar-refractivity contribution in [3.8, 4) is 0 Å². The van der Waals surface area contributed by atoms with Crippen molar-refractivity contribution in [2.75, 3.05) is 5.73 Å². The van der Waals surface area contributed by atoms with E-state index in [0.717, 1.165) is 0 Å². The number of nitrogens with one attached hydrogen (secondary N) is 1. The van der Waals surface area contributed by atoms with Crippen LogP contribution < -0.4 is 11.1 Å². The number of aliphatic hydroxyl groups is 1. The zero-order chi connectivity index (χ0) is 13.0. The molecule has 0 unspecified atom stereocenters. The van der Waals surface area contributed by atoms with Crippen molar-refractivity contribution in [3.05, 3.63) is 24.0 Å². The molecule has 7 nitrogen and oxygen atoms in total. The number of carboxylic acids is 1. The van der Waals surface area contributed by atoms with Crippen molar-refractivity contribution in [3.63, 3.8) is 0 Å². The predicted molar refractivity (Wildman–Crippen MR) is 59.2 cm³/mol. The lowest BCUT2D eigenvalue weighted by molar-refractivity contribution is -0.141. The van der Waals surface area contributed by atoms with Gasteiger partial charge in [-0.25, -0.2) is 9.78 Å². The Labute approximate surface area is 97.3 Å². The van der Waals surface area contributed by atoms with Gasteiger partial charge in [0.25, 0.3) is 5.91 Å². The predicted octanol–water partition coefficient (Wildman–Crippen LogP) is -0.772. The minimum Gasteiger partial charge on any atom is -0.480 e. The van der Waals surface area contributed by atoms with Gasteiger partial charge in [-0.1, -0.05) is 0 Å². The molecule has 17 heavy (non-hydrogen) atoms. The number of amides is 1. The van der Waals surface area contributed by atoms with Gasteiger partial charge in [0.15, 0.2) is 6.04 Å². The summed E-state index contributed by atoms with van der Waals surface area (Å²) in [4.78, 5) is 26.1. The SMILES string of the molecule is C[C@@H](O)[C@H](NC(=O)c1ccc(N)cn1)C(=O)O. The molecule has 0 saturated heterocycles. The lowest BCUT2D eigenvalue weighted by atomic mass is 10.2. The Bertz CT molecular complexity index is 416. The van der Waals surface area contributed by atoms with Crippen molar-refractivity contribution in [2.45, 2.75) is 19.1 Å². The molecule has 1 aromatic heterocycles. The Morgan fingerprint density at radius 3 is 2.53 bits per heavy atom. The van der Waals surface area contributed by atoms with Crippen LogP contribution >= 0.6 is 0 Å². The van der Waals surface area contributed by atoms with Crippen LogP contribution in [0.1, 0.15) is 17.4 Å². The van der Waals surface area contributed by atoms with Crippen molar-refractivity contribution >= 4 is 17.6 Å². The standard InChI is InChI=1S/C10H13N3O4/c1-5(14)8(10(16)17)13-9(15)7-3-2-6(11)4-12-7/h2-5,8,14H,11H2,1H3,(H,13,15)(H,16,17)/t5-,8+/m1/s1. The molecule has 7 heteroatoms. The molecule has 92 valence electrons. The fourth-order valence-corrected chi connectivity index (χ4v) is 1.14. The summed E-state index contributed by atoms with van der Waals surface area (Å²) < 4.78 is 0. The van der Waals surface area contributed by atoms with E-state index in [4.69, 9.17) is 10.8 Å². The normalized spacial score (nSPS) is 13.8. The first kappa shape index (κ1) is 12.9. The Kier molecular flexibility index (Phi) is 4.00. The van der Waals surface area contributed by atoms with Crippen LogP contribution in [-0.2, 0) is 4.79 Å². The van der Waals surface area contributed by atoms with E-state index < -0.39 is 24.0 Å². The maximum atomic E-state index is 11.6. The lowest BCUT2D eigenvalue weighted by Gasteiger charge is -2.16. The minimum atomic E-state index is -1.37. The molecule has 0 aliphatic rings. The molecule has 1 amide bonds. The maximum Gasteiger partial charge on any atom is 0.328 e. The third-order valence-corrected chi connectivity index (χ3v) is 2.05. The van der Waals surface area contributed by atoms with Crippen LogP contribution in [0.25, 0.3) is 0 Å². The van der Waals surface area contributed by atoms with Gasteiger partial charge in [0, 0.05) is 0 Å². The number of hydrogen-bond donors (Lipinski definition) is 4. The number of nitrogens with two attached hydrogens (primary N) is 1. The van der Waals surface area contributed by atoms with E-state index in [0.29, 0.717) is 5.69 Å². The Morgan fingerprint density at radius 2 is 2.12 bits per heavy atom. The number of nitrogens with zero attached hydrogens (tertiary/aromatic N) is 1. The number of hydrogen-bond acceptors (Lipinski definition) is 5. The zero-order valence-electron chi connectivity index (χ0n) is 9.12. The molecule has 2 atom stereocenters. The highest BCUT2D eigenvalue weighted by Gasteiger charge is 2.25. The Hall–Kier alpha value is -2.15. The number of carbonyl (C=O) groups excluding carboxylic acids is 1. The van der Waals surface area contributed by atoms with E-state index in [2.05, 4.69) is 10.3 Å². The molecular weight excluding hydrogens is 226 g/mol. The second kappa shape index (κ2) is 5.26. The summed E-state index contributed by atoms with van der Waals surface area (Å²) in [6.07, 6.45) is 0.0813. The molecule has 0 bridgehead atoms. The van der Waals surface area contributed by atoms with Gasteiger partial charge in [0.05, 0.1) is 18.0 Å². The van der Waals surface area contributed by atoms with Crippen LogP contribution in [0.15, 0.2) is 18.3 Å². The van der Waals surface area contributed by atoms with Crippen molar-refractivity contribution in [2.24, 2.45) is 0 Å². The van der Waals surface area contributed by atoms with E-state index in [1.165, 1.54) is 25.3 Å². The van der Waals surface area contributed by atoms with Crippen molar-refractivity contribution in [1.29, 1.82) is 0 Å². The first-order chi connectivity index (χ1) is 7.91. The molecule has 5 N–H and O–H groups in total. The summed E-state index contributed by atoms with van der Waals surface area (Å²) in [5.41, 5.74) is 5.82. The summed E-state index contributed by atoms with van der Waals surface area (Å²) in [6.45, 7) is 1.27. The third kappa shape index (κ3) is 3.42. The monoisotopic (exact) mass is 239 g/mol. The molecular formula is C10H13N3O4. The van der Waals surface area contributed by atoms with Gasteiger partial charge < -0.3 is 21.3 Å². The summed E-state index contributed by atoms with van der Waals surface area (Å²) in [5.74, 6) is -2.00. The summed E-state index contributed by atoms with van der Waals surface area (Å²) in [6, 6.07) is 1.47. The number of rotatable bonds is 4. The van der Waals surface area contributed by atoms with Crippen LogP contribution in [-0.4, -0.2) is 39.2 Å². The molecule has 1 heterocycles. The van der Waals surface area contributed by atoms with Crippen LogP contribution in [0.5, 0.6) is 0 Å².